The number of anilines is 1. The van der Waals surface area contributed by atoms with Gasteiger partial charge in [-0.05, 0) is 6.92 Å². The molecule has 0 saturated heterocycles. The standard InChI is InChI=1S/C14H9ClF5N5O/c1-5(14(18,19)20)23-12-10(9-7(16)2-6(26)3-8(9)17)11(15)24-13-21-4-22-25(12)13/h2-5,23,26H,1H3/t5-/m0/s1. The molecule has 0 amide bonds. The van der Waals surface area contributed by atoms with Gasteiger partial charge in [-0.1, -0.05) is 11.6 Å². The normalized spacial score (nSPS) is 13.2. The summed E-state index contributed by atoms with van der Waals surface area (Å²) >= 11 is 5.97. The van der Waals surface area contributed by atoms with Gasteiger partial charge in [0.05, 0.1) is 11.1 Å². The van der Waals surface area contributed by atoms with Gasteiger partial charge in [-0.15, -0.1) is 0 Å². The minimum atomic E-state index is -4.66. The first-order valence-electron chi connectivity index (χ1n) is 7.00. The number of hydrogen-bond donors (Lipinski definition) is 2. The highest BCUT2D eigenvalue weighted by molar-refractivity contribution is 6.33. The maximum absolute atomic E-state index is 14.3. The predicted molar refractivity (Wildman–Crippen MR) is 81.9 cm³/mol. The zero-order valence-corrected chi connectivity index (χ0v) is 13.6. The summed E-state index contributed by atoms with van der Waals surface area (Å²) in [6.07, 6.45) is -3.67. The second-order valence-corrected chi connectivity index (χ2v) is 5.65. The Bertz CT molecular complexity index is 967. The quantitative estimate of drug-likeness (QED) is 0.523. The van der Waals surface area contributed by atoms with E-state index >= 15 is 0 Å². The molecular formula is C14H9ClF5N5O. The Labute approximate surface area is 147 Å². The average molecular weight is 394 g/mol. The highest BCUT2D eigenvalue weighted by atomic mass is 35.5. The van der Waals surface area contributed by atoms with Crippen LogP contribution in [-0.2, 0) is 0 Å². The van der Waals surface area contributed by atoms with Crippen LogP contribution in [0.2, 0.25) is 5.15 Å². The zero-order valence-electron chi connectivity index (χ0n) is 12.8. The van der Waals surface area contributed by atoms with E-state index in [0.29, 0.717) is 12.1 Å². The van der Waals surface area contributed by atoms with Crippen molar-refractivity contribution < 1.29 is 27.1 Å². The Morgan fingerprint density at radius 3 is 2.38 bits per heavy atom. The molecule has 2 N–H and O–H groups in total. The fraction of sp³-hybridized carbons (Fsp3) is 0.214. The lowest BCUT2D eigenvalue weighted by Gasteiger charge is -2.21. The van der Waals surface area contributed by atoms with Gasteiger partial charge in [0.1, 0.15) is 40.7 Å². The number of fused-ring (bicyclic) bond motifs is 1. The van der Waals surface area contributed by atoms with Crippen molar-refractivity contribution in [2.45, 2.75) is 19.1 Å². The van der Waals surface area contributed by atoms with Crippen LogP contribution in [0.3, 0.4) is 0 Å². The van der Waals surface area contributed by atoms with Gasteiger partial charge in [0.15, 0.2) is 0 Å². The largest absolute Gasteiger partial charge is 0.508 e. The summed E-state index contributed by atoms with van der Waals surface area (Å²) in [5.74, 6) is -3.81. The second-order valence-electron chi connectivity index (χ2n) is 5.29. The van der Waals surface area contributed by atoms with Gasteiger partial charge in [0, 0.05) is 12.1 Å². The summed E-state index contributed by atoms with van der Waals surface area (Å²) in [5, 5.41) is 14.6. The third-order valence-electron chi connectivity index (χ3n) is 3.50. The van der Waals surface area contributed by atoms with Gasteiger partial charge in [-0.3, -0.25) is 0 Å². The number of aromatic hydroxyl groups is 1. The number of aromatic nitrogens is 4. The predicted octanol–water partition coefficient (Wildman–Crippen LogP) is 3.79. The van der Waals surface area contributed by atoms with Crippen molar-refractivity contribution in [1.29, 1.82) is 0 Å². The van der Waals surface area contributed by atoms with Crippen LogP contribution in [0, 0.1) is 11.6 Å². The molecule has 0 unspecified atom stereocenters. The molecule has 0 aliphatic carbocycles. The molecule has 1 aromatic carbocycles. The molecule has 2 aromatic heterocycles. The summed E-state index contributed by atoms with van der Waals surface area (Å²) in [7, 11) is 0. The number of nitrogens with one attached hydrogen (secondary N) is 1. The number of rotatable bonds is 3. The lowest BCUT2D eigenvalue weighted by atomic mass is 10.1. The summed E-state index contributed by atoms with van der Waals surface area (Å²) in [6.45, 7) is 0.810. The molecule has 0 bridgehead atoms. The number of halogens is 6. The van der Waals surface area contributed by atoms with E-state index < -0.39 is 51.7 Å². The average Bonchev–Trinajstić information content (AvgIpc) is 2.95. The maximum Gasteiger partial charge on any atom is 0.408 e. The molecule has 0 aliphatic heterocycles. The molecule has 26 heavy (non-hydrogen) atoms. The van der Waals surface area contributed by atoms with E-state index in [1.165, 1.54) is 0 Å². The van der Waals surface area contributed by atoms with E-state index in [1.807, 2.05) is 0 Å². The molecule has 6 nitrogen and oxygen atoms in total. The van der Waals surface area contributed by atoms with Gasteiger partial charge < -0.3 is 10.4 Å². The number of benzene rings is 1. The van der Waals surface area contributed by atoms with Crippen LogP contribution in [-0.4, -0.2) is 36.9 Å². The van der Waals surface area contributed by atoms with Crippen molar-refractivity contribution in [2.24, 2.45) is 0 Å². The van der Waals surface area contributed by atoms with E-state index in [4.69, 9.17) is 11.6 Å². The number of hydrogen-bond acceptors (Lipinski definition) is 5. The molecule has 12 heteroatoms. The maximum atomic E-state index is 14.3. The van der Waals surface area contributed by atoms with Crippen LogP contribution in [0.15, 0.2) is 18.5 Å². The molecule has 2 heterocycles. The molecule has 0 spiro atoms. The Morgan fingerprint density at radius 2 is 1.81 bits per heavy atom. The van der Waals surface area contributed by atoms with Crippen LogP contribution in [0.5, 0.6) is 5.75 Å². The molecule has 0 aliphatic rings. The number of phenols is 1. The van der Waals surface area contributed by atoms with E-state index in [-0.39, 0.29) is 5.78 Å². The van der Waals surface area contributed by atoms with E-state index in [0.717, 1.165) is 17.8 Å². The monoisotopic (exact) mass is 393 g/mol. The van der Waals surface area contributed by atoms with Crippen molar-refractivity contribution >= 4 is 23.2 Å². The lowest BCUT2D eigenvalue weighted by Crippen LogP contribution is -2.34. The molecule has 0 radical (unpaired) electrons. The van der Waals surface area contributed by atoms with Crippen LogP contribution >= 0.6 is 11.6 Å². The third kappa shape index (κ3) is 3.09. The first-order chi connectivity index (χ1) is 12.1. The summed E-state index contributed by atoms with van der Waals surface area (Å²) in [6, 6.07) is -0.913. The minimum absolute atomic E-state index is 0.171. The topological polar surface area (TPSA) is 75.3 Å². The number of phenolic OH excluding ortho intramolecular Hbond substituents is 1. The van der Waals surface area contributed by atoms with Crippen LogP contribution in [0.4, 0.5) is 27.8 Å². The molecular weight excluding hydrogens is 385 g/mol. The smallest absolute Gasteiger partial charge is 0.408 e. The molecule has 3 aromatic rings. The minimum Gasteiger partial charge on any atom is -0.508 e. The Hall–Kier alpha value is -2.69. The molecule has 0 fully saturated rings. The van der Waals surface area contributed by atoms with Gasteiger partial charge >= 0.3 is 6.18 Å². The zero-order chi connectivity index (χ0) is 19.2. The molecule has 0 saturated carbocycles. The lowest BCUT2D eigenvalue weighted by molar-refractivity contribution is -0.138. The Morgan fingerprint density at radius 1 is 1.19 bits per heavy atom. The van der Waals surface area contributed by atoms with Crippen molar-refractivity contribution in [1.82, 2.24) is 19.6 Å². The Balaban J connectivity index is 2.32. The van der Waals surface area contributed by atoms with Gasteiger partial charge in [-0.25, -0.2) is 8.78 Å². The Kier molecular flexibility index (Phi) is 4.34. The molecule has 1 atom stereocenters. The fourth-order valence-corrected chi connectivity index (χ4v) is 2.52. The molecule has 3 rings (SSSR count). The van der Waals surface area contributed by atoms with Crippen LogP contribution in [0.25, 0.3) is 16.9 Å². The fourth-order valence-electron chi connectivity index (χ4n) is 2.26. The third-order valence-corrected chi connectivity index (χ3v) is 3.78. The first-order valence-corrected chi connectivity index (χ1v) is 7.38. The van der Waals surface area contributed by atoms with Crippen molar-refractivity contribution in [3.05, 3.63) is 35.2 Å². The highest BCUT2D eigenvalue weighted by Crippen LogP contribution is 2.39. The highest BCUT2D eigenvalue weighted by Gasteiger charge is 2.37. The number of nitrogens with zero attached hydrogens (tertiary/aromatic N) is 4. The molecule has 138 valence electrons. The van der Waals surface area contributed by atoms with Crippen LogP contribution in [0.1, 0.15) is 6.92 Å². The summed E-state index contributed by atoms with van der Waals surface area (Å²) < 4.78 is 68.3. The first kappa shape index (κ1) is 18.1. The number of alkyl halides is 3. The van der Waals surface area contributed by atoms with Gasteiger partial charge in [0.2, 0.25) is 0 Å². The van der Waals surface area contributed by atoms with Crippen molar-refractivity contribution in [3.8, 4) is 16.9 Å². The van der Waals surface area contributed by atoms with Crippen LogP contribution < -0.4 is 5.32 Å². The van der Waals surface area contributed by atoms with Crippen molar-refractivity contribution in [3.63, 3.8) is 0 Å². The van der Waals surface area contributed by atoms with E-state index in [9.17, 15) is 27.1 Å². The van der Waals surface area contributed by atoms with Crippen molar-refractivity contribution in [2.75, 3.05) is 5.32 Å². The van der Waals surface area contributed by atoms with Gasteiger partial charge in [0.25, 0.3) is 5.78 Å². The summed E-state index contributed by atoms with van der Waals surface area (Å²) in [4.78, 5) is 7.50. The second kappa shape index (κ2) is 6.24. The SMILES string of the molecule is C[C@H](Nc1c(-c2c(F)cc(O)cc2F)c(Cl)nc2ncnn12)C(F)(F)F. The summed E-state index contributed by atoms with van der Waals surface area (Å²) in [5.41, 5.74) is -1.26. The van der Waals surface area contributed by atoms with E-state index in [2.05, 4.69) is 20.4 Å². The van der Waals surface area contributed by atoms with E-state index in [1.54, 1.807) is 0 Å². The van der Waals surface area contributed by atoms with Gasteiger partial charge in [-0.2, -0.15) is 32.8 Å².